The molecule has 3 heterocycles. The van der Waals surface area contributed by atoms with Crippen LogP contribution in [0.5, 0.6) is 0 Å². The highest BCUT2D eigenvalue weighted by Gasteiger charge is 2.43. The summed E-state index contributed by atoms with van der Waals surface area (Å²) in [5.41, 5.74) is -0.629. The predicted octanol–water partition coefficient (Wildman–Crippen LogP) is 2.22. The van der Waals surface area contributed by atoms with Crippen LogP contribution in [0, 0.1) is 0 Å². The summed E-state index contributed by atoms with van der Waals surface area (Å²) in [5, 5.41) is 3.31. The van der Waals surface area contributed by atoms with E-state index in [1.165, 1.54) is 0 Å². The molecule has 1 amide bonds. The molecule has 1 aromatic heterocycles. The van der Waals surface area contributed by atoms with Gasteiger partial charge in [0.2, 0.25) is 0 Å². The quantitative estimate of drug-likeness (QED) is 0.852. The topological polar surface area (TPSA) is 59.4 Å². The zero-order valence-corrected chi connectivity index (χ0v) is 16.7. The summed E-state index contributed by atoms with van der Waals surface area (Å²) in [6, 6.07) is 0.334. The fourth-order valence-electron chi connectivity index (χ4n) is 3.94. The van der Waals surface area contributed by atoms with Crippen LogP contribution in [0.4, 0.5) is 0 Å². The Morgan fingerprint density at radius 3 is 2.76 bits per heavy atom. The van der Waals surface area contributed by atoms with Crippen molar-refractivity contribution >= 4 is 30.7 Å². The van der Waals surface area contributed by atoms with Crippen LogP contribution < -0.4 is 5.32 Å². The SMILES string of the molecule is CCc1nccn1C1CCCN(C(=O)C2(OC)CCNCC2)C1.Cl.Cl. The monoisotopic (exact) mass is 392 g/mol. The van der Waals surface area contributed by atoms with Crippen molar-refractivity contribution in [3.63, 3.8) is 0 Å². The first kappa shape index (κ1) is 22.2. The molecule has 3 rings (SSSR count). The molecular formula is C17H30Cl2N4O2. The number of nitrogens with zero attached hydrogens (tertiary/aromatic N) is 3. The summed E-state index contributed by atoms with van der Waals surface area (Å²) >= 11 is 0. The molecule has 6 nitrogen and oxygen atoms in total. The number of ether oxygens (including phenoxy) is 1. The first-order valence-corrected chi connectivity index (χ1v) is 8.77. The second-order valence-corrected chi connectivity index (χ2v) is 6.60. The van der Waals surface area contributed by atoms with Crippen molar-refractivity contribution in [1.29, 1.82) is 0 Å². The molecule has 1 aromatic rings. The lowest BCUT2D eigenvalue weighted by Gasteiger charge is -2.42. The van der Waals surface area contributed by atoms with E-state index in [0.29, 0.717) is 6.04 Å². The fourth-order valence-corrected chi connectivity index (χ4v) is 3.94. The minimum Gasteiger partial charge on any atom is -0.368 e. The second-order valence-electron chi connectivity index (χ2n) is 6.60. The Morgan fingerprint density at radius 2 is 2.12 bits per heavy atom. The van der Waals surface area contributed by atoms with Crippen LogP contribution >= 0.6 is 24.8 Å². The van der Waals surface area contributed by atoms with Crippen molar-refractivity contribution in [1.82, 2.24) is 19.8 Å². The van der Waals surface area contributed by atoms with Crippen molar-refractivity contribution in [2.24, 2.45) is 0 Å². The zero-order valence-electron chi connectivity index (χ0n) is 15.1. The smallest absolute Gasteiger partial charge is 0.254 e. The number of carbonyl (C=O) groups is 1. The predicted molar refractivity (Wildman–Crippen MR) is 103 cm³/mol. The lowest BCUT2D eigenvalue weighted by molar-refractivity contribution is -0.160. The summed E-state index contributed by atoms with van der Waals surface area (Å²) in [6.45, 7) is 5.42. The summed E-state index contributed by atoms with van der Waals surface area (Å²) < 4.78 is 7.97. The zero-order chi connectivity index (χ0) is 16.3. The van der Waals surface area contributed by atoms with Gasteiger partial charge in [0, 0.05) is 39.0 Å². The van der Waals surface area contributed by atoms with Crippen molar-refractivity contribution in [3.8, 4) is 0 Å². The van der Waals surface area contributed by atoms with Crippen molar-refractivity contribution < 1.29 is 9.53 Å². The van der Waals surface area contributed by atoms with Gasteiger partial charge < -0.3 is 19.5 Å². The molecule has 25 heavy (non-hydrogen) atoms. The van der Waals surface area contributed by atoms with Gasteiger partial charge in [-0.2, -0.15) is 0 Å². The van der Waals surface area contributed by atoms with E-state index in [9.17, 15) is 4.79 Å². The van der Waals surface area contributed by atoms with Gasteiger partial charge in [0.1, 0.15) is 11.4 Å². The summed E-state index contributed by atoms with van der Waals surface area (Å²) in [4.78, 5) is 19.6. The number of amides is 1. The molecule has 0 bridgehead atoms. The van der Waals surface area contributed by atoms with E-state index in [0.717, 1.165) is 64.1 Å². The Morgan fingerprint density at radius 1 is 1.40 bits per heavy atom. The lowest BCUT2D eigenvalue weighted by Crippen LogP contribution is -2.57. The normalized spacial score (nSPS) is 22.6. The van der Waals surface area contributed by atoms with Gasteiger partial charge in [0.15, 0.2) is 0 Å². The van der Waals surface area contributed by atoms with E-state index in [2.05, 4.69) is 21.8 Å². The van der Waals surface area contributed by atoms with E-state index >= 15 is 0 Å². The lowest BCUT2D eigenvalue weighted by atomic mass is 9.89. The number of methoxy groups -OCH3 is 1. The third kappa shape index (κ3) is 4.48. The van der Waals surface area contributed by atoms with Crippen molar-refractivity contribution in [2.75, 3.05) is 33.3 Å². The molecule has 2 fully saturated rings. The molecule has 0 spiro atoms. The molecule has 2 aliphatic heterocycles. The number of aryl methyl sites for hydroxylation is 1. The van der Waals surface area contributed by atoms with Crippen LogP contribution in [0.25, 0.3) is 0 Å². The van der Waals surface area contributed by atoms with Crippen LogP contribution in [0.3, 0.4) is 0 Å². The number of halogens is 2. The molecule has 0 saturated carbocycles. The number of piperidine rings is 2. The highest BCUT2D eigenvalue weighted by molar-refractivity contribution is 5.86. The van der Waals surface area contributed by atoms with Crippen LogP contribution in [0.15, 0.2) is 12.4 Å². The summed E-state index contributed by atoms with van der Waals surface area (Å²) in [5.74, 6) is 1.27. The highest BCUT2D eigenvalue weighted by atomic mass is 35.5. The number of likely N-dealkylation sites (tertiary alicyclic amines) is 1. The molecule has 0 aliphatic carbocycles. The standard InChI is InChI=1S/C17H28N4O2.2ClH/c1-3-15-19-10-12-21(15)14-5-4-11-20(13-14)16(22)17(23-2)6-8-18-9-7-17;;/h10,12,14,18H,3-9,11,13H2,1-2H3;2*1H. The number of rotatable bonds is 4. The van der Waals surface area contributed by atoms with Gasteiger partial charge >= 0.3 is 0 Å². The Balaban J connectivity index is 0.00000156. The maximum atomic E-state index is 13.1. The minimum atomic E-state index is -0.629. The summed E-state index contributed by atoms with van der Waals surface area (Å²) in [6.07, 6.45) is 8.50. The maximum Gasteiger partial charge on any atom is 0.254 e. The third-order valence-corrected chi connectivity index (χ3v) is 5.33. The summed E-state index contributed by atoms with van der Waals surface area (Å²) in [7, 11) is 1.68. The Bertz CT molecular complexity index is 547. The second kappa shape index (κ2) is 9.76. The number of carbonyl (C=O) groups excluding carboxylic acids is 1. The van der Waals surface area contributed by atoms with Gasteiger partial charge in [-0.1, -0.05) is 6.92 Å². The maximum absolute atomic E-state index is 13.1. The molecule has 144 valence electrons. The fraction of sp³-hybridized carbons (Fsp3) is 0.765. The van der Waals surface area contributed by atoms with Crippen molar-refractivity contribution in [2.45, 2.75) is 50.7 Å². The number of nitrogens with one attached hydrogen (secondary N) is 1. The highest BCUT2D eigenvalue weighted by Crippen LogP contribution is 2.29. The largest absolute Gasteiger partial charge is 0.368 e. The molecule has 1 unspecified atom stereocenters. The molecule has 1 atom stereocenters. The van der Waals surface area contributed by atoms with Crippen LogP contribution in [0.1, 0.15) is 44.5 Å². The molecule has 2 aliphatic rings. The van der Waals surface area contributed by atoms with Crippen LogP contribution in [-0.2, 0) is 16.0 Å². The van der Waals surface area contributed by atoms with E-state index < -0.39 is 5.60 Å². The van der Waals surface area contributed by atoms with E-state index in [1.54, 1.807) is 7.11 Å². The van der Waals surface area contributed by atoms with Crippen molar-refractivity contribution in [3.05, 3.63) is 18.2 Å². The Hall–Kier alpha value is -0.820. The third-order valence-electron chi connectivity index (χ3n) is 5.33. The van der Waals surface area contributed by atoms with Gasteiger partial charge in [-0.05, 0) is 38.8 Å². The minimum absolute atomic E-state index is 0. The van der Waals surface area contributed by atoms with Gasteiger partial charge in [-0.25, -0.2) is 4.98 Å². The average molecular weight is 393 g/mol. The first-order valence-electron chi connectivity index (χ1n) is 8.77. The Labute approximate surface area is 162 Å². The van der Waals surface area contributed by atoms with Crippen LogP contribution in [-0.4, -0.2) is 59.2 Å². The van der Waals surface area contributed by atoms with Gasteiger partial charge in [-0.3, -0.25) is 4.79 Å². The van der Waals surface area contributed by atoms with E-state index in [4.69, 9.17) is 4.74 Å². The number of aromatic nitrogens is 2. The number of imidazole rings is 1. The molecule has 2 saturated heterocycles. The number of hydrogen-bond acceptors (Lipinski definition) is 4. The van der Waals surface area contributed by atoms with E-state index in [1.807, 2.05) is 17.3 Å². The Kier molecular flexibility index (Phi) is 8.68. The molecular weight excluding hydrogens is 363 g/mol. The molecule has 0 radical (unpaired) electrons. The molecule has 0 aromatic carbocycles. The molecule has 8 heteroatoms. The van der Waals surface area contributed by atoms with Gasteiger partial charge in [-0.15, -0.1) is 24.8 Å². The molecule has 1 N–H and O–H groups in total. The average Bonchev–Trinajstić information content (AvgIpc) is 3.10. The first-order chi connectivity index (χ1) is 11.2. The van der Waals surface area contributed by atoms with Gasteiger partial charge in [0.05, 0.1) is 6.04 Å². The number of hydrogen-bond donors (Lipinski definition) is 1. The van der Waals surface area contributed by atoms with Crippen LogP contribution in [0.2, 0.25) is 0 Å². The van der Waals surface area contributed by atoms with E-state index in [-0.39, 0.29) is 30.7 Å². The van der Waals surface area contributed by atoms with Gasteiger partial charge in [0.25, 0.3) is 5.91 Å².